The zero-order valence-electron chi connectivity index (χ0n) is 11.2. The van der Waals surface area contributed by atoms with Gasteiger partial charge in [-0.15, -0.1) is 0 Å². The lowest BCUT2D eigenvalue weighted by Crippen LogP contribution is -2.01. The highest BCUT2D eigenvalue weighted by atomic mass is 35.5. The van der Waals surface area contributed by atoms with Gasteiger partial charge in [-0.1, -0.05) is 17.7 Å². The molecule has 2 aromatic rings. The van der Waals surface area contributed by atoms with Crippen molar-refractivity contribution in [2.75, 3.05) is 11.9 Å². The van der Waals surface area contributed by atoms with E-state index in [1.807, 2.05) is 43.3 Å². The fourth-order valence-corrected chi connectivity index (χ4v) is 2.12. The number of benzene rings is 2. The molecule has 0 bridgehead atoms. The Morgan fingerprint density at radius 3 is 2.47 bits per heavy atom. The maximum atomic E-state index is 5.95. The second-order valence-electron chi connectivity index (χ2n) is 4.38. The molecule has 0 saturated carbocycles. The Kier molecular flexibility index (Phi) is 4.69. The molecule has 0 radical (unpaired) electrons. The largest absolute Gasteiger partial charge is 0.494 e. The van der Waals surface area contributed by atoms with E-state index in [0.717, 1.165) is 23.0 Å². The van der Waals surface area contributed by atoms with Crippen LogP contribution in [0.15, 0.2) is 42.5 Å². The van der Waals surface area contributed by atoms with Crippen LogP contribution in [0, 0.1) is 6.92 Å². The Hall–Kier alpha value is -1.67. The molecular formula is C16H18ClNO. The van der Waals surface area contributed by atoms with Crippen molar-refractivity contribution in [3.8, 4) is 5.75 Å². The number of rotatable bonds is 5. The number of hydrogen-bond acceptors (Lipinski definition) is 2. The van der Waals surface area contributed by atoms with E-state index < -0.39 is 0 Å². The summed E-state index contributed by atoms with van der Waals surface area (Å²) in [4.78, 5) is 0. The molecule has 0 aliphatic rings. The van der Waals surface area contributed by atoms with Crippen LogP contribution in [0.4, 0.5) is 5.69 Å². The molecule has 2 aromatic carbocycles. The maximum Gasteiger partial charge on any atom is 0.119 e. The van der Waals surface area contributed by atoms with E-state index in [0.29, 0.717) is 6.61 Å². The lowest BCUT2D eigenvalue weighted by Gasteiger charge is -2.10. The minimum absolute atomic E-state index is 0.691. The second kappa shape index (κ2) is 6.48. The van der Waals surface area contributed by atoms with Crippen molar-refractivity contribution in [3.05, 3.63) is 58.6 Å². The third-order valence-corrected chi connectivity index (χ3v) is 3.19. The van der Waals surface area contributed by atoms with Gasteiger partial charge in [0.15, 0.2) is 0 Å². The van der Waals surface area contributed by atoms with E-state index in [2.05, 4.69) is 18.3 Å². The molecular weight excluding hydrogens is 258 g/mol. The lowest BCUT2D eigenvalue weighted by molar-refractivity contribution is 0.340. The fourth-order valence-electron chi connectivity index (χ4n) is 1.89. The van der Waals surface area contributed by atoms with Gasteiger partial charge in [-0.05, 0) is 61.4 Å². The van der Waals surface area contributed by atoms with Crippen LogP contribution in [0.3, 0.4) is 0 Å². The molecule has 0 saturated heterocycles. The molecule has 1 N–H and O–H groups in total. The molecule has 19 heavy (non-hydrogen) atoms. The summed E-state index contributed by atoms with van der Waals surface area (Å²) in [5, 5.41) is 4.17. The molecule has 0 fully saturated rings. The fraction of sp³-hybridized carbons (Fsp3) is 0.250. The first-order chi connectivity index (χ1) is 9.19. The van der Waals surface area contributed by atoms with Crippen molar-refractivity contribution in [2.24, 2.45) is 0 Å². The molecule has 0 atom stereocenters. The highest BCUT2D eigenvalue weighted by Crippen LogP contribution is 2.19. The monoisotopic (exact) mass is 275 g/mol. The highest BCUT2D eigenvalue weighted by Gasteiger charge is 2.00. The van der Waals surface area contributed by atoms with Crippen molar-refractivity contribution in [1.82, 2.24) is 0 Å². The van der Waals surface area contributed by atoms with Crippen molar-refractivity contribution >= 4 is 17.3 Å². The van der Waals surface area contributed by atoms with Gasteiger partial charge < -0.3 is 10.1 Å². The van der Waals surface area contributed by atoms with Gasteiger partial charge in [0.1, 0.15) is 5.75 Å². The molecule has 100 valence electrons. The summed E-state index contributed by atoms with van der Waals surface area (Å²) in [6.07, 6.45) is 0. The number of hydrogen-bond donors (Lipinski definition) is 1. The molecule has 0 aliphatic heterocycles. The van der Waals surface area contributed by atoms with Gasteiger partial charge in [0.05, 0.1) is 6.61 Å². The van der Waals surface area contributed by atoms with Crippen LogP contribution < -0.4 is 10.1 Å². The molecule has 0 aromatic heterocycles. The molecule has 0 amide bonds. The van der Waals surface area contributed by atoms with Crippen molar-refractivity contribution in [2.45, 2.75) is 20.4 Å². The van der Waals surface area contributed by atoms with Crippen molar-refractivity contribution in [3.63, 3.8) is 0 Å². The van der Waals surface area contributed by atoms with Crippen LogP contribution in [-0.2, 0) is 6.54 Å². The normalized spacial score (nSPS) is 10.3. The average molecular weight is 276 g/mol. The predicted molar refractivity (Wildman–Crippen MR) is 81.1 cm³/mol. The number of halogens is 1. The molecule has 2 nitrogen and oxygen atoms in total. The first kappa shape index (κ1) is 13.8. The molecule has 0 aliphatic carbocycles. The van der Waals surface area contributed by atoms with Crippen LogP contribution in [0.1, 0.15) is 18.1 Å². The van der Waals surface area contributed by atoms with Gasteiger partial charge in [-0.2, -0.15) is 0 Å². The van der Waals surface area contributed by atoms with Crippen LogP contribution >= 0.6 is 11.6 Å². The standard InChI is InChI=1S/C16H18ClNO/c1-3-19-16-8-6-15(7-9-16)18-11-13-4-5-14(17)10-12(13)2/h4-10,18H,3,11H2,1-2H3. The maximum absolute atomic E-state index is 5.95. The number of nitrogens with one attached hydrogen (secondary N) is 1. The molecule has 0 unspecified atom stereocenters. The summed E-state index contributed by atoms with van der Waals surface area (Å²) in [5.41, 5.74) is 3.53. The first-order valence-corrected chi connectivity index (χ1v) is 6.78. The number of aryl methyl sites for hydroxylation is 1. The zero-order chi connectivity index (χ0) is 13.7. The van der Waals surface area contributed by atoms with Gasteiger partial charge in [-0.3, -0.25) is 0 Å². The minimum Gasteiger partial charge on any atom is -0.494 e. The Morgan fingerprint density at radius 2 is 1.84 bits per heavy atom. The molecule has 0 spiro atoms. The molecule has 2 rings (SSSR count). The number of ether oxygens (including phenoxy) is 1. The zero-order valence-corrected chi connectivity index (χ0v) is 12.0. The summed E-state index contributed by atoms with van der Waals surface area (Å²) in [6.45, 7) is 5.53. The summed E-state index contributed by atoms with van der Waals surface area (Å²) in [7, 11) is 0. The summed E-state index contributed by atoms with van der Waals surface area (Å²) in [6, 6.07) is 14.0. The van der Waals surface area contributed by atoms with Gasteiger partial charge in [0.25, 0.3) is 0 Å². The van der Waals surface area contributed by atoms with E-state index >= 15 is 0 Å². The van der Waals surface area contributed by atoms with E-state index in [1.165, 1.54) is 11.1 Å². The quantitative estimate of drug-likeness (QED) is 0.857. The summed E-state index contributed by atoms with van der Waals surface area (Å²) >= 11 is 5.95. The van der Waals surface area contributed by atoms with E-state index in [-0.39, 0.29) is 0 Å². The smallest absolute Gasteiger partial charge is 0.119 e. The Balaban J connectivity index is 1.98. The van der Waals surface area contributed by atoms with Gasteiger partial charge in [0, 0.05) is 17.3 Å². The van der Waals surface area contributed by atoms with Crippen LogP contribution in [-0.4, -0.2) is 6.61 Å². The lowest BCUT2D eigenvalue weighted by atomic mass is 10.1. The predicted octanol–water partition coefficient (Wildman–Crippen LogP) is 4.66. The Bertz CT molecular complexity index is 537. The second-order valence-corrected chi connectivity index (χ2v) is 4.82. The van der Waals surface area contributed by atoms with Crippen LogP contribution in [0.2, 0.25) is 5.02 Å². The summed E-state index contributed by atoms with van der Waals surface area (Å²) < 4.78 is 5.41. The SMILES string of the molecule is CCOc1ccc(NCc2ccc(Cl)cc2C)cc1. The van der Waals surface area contributed by atoms with E-state index in [1.54, 1.807) is 0 Å². The van der Waals surface area contributed by atoms with Crippen molar-refractivity contribution in [1.29, 1.82) is 0 Å². The third kappa shape index (κ3) is 3.90. The van der Waals surface area contributed by atoms with Crippen LogP contribution in [0.5, 0.6) is 5.75 Å². The molecule has 3 heteroatoms. The van der Waals surface area contributed by atoms with Crippen LogP contribution in [0.25, 0.3) is 0 Å². The van der Waals surface area contributed by atoms with E-state index in [4.69, 9.17) is 16.3 Å². The Labute approximate surface area is 119 Å². The average Bonchev–Trinajstić information content (AvgIpc) is 2.40. The third-order valence-electron chi connectivity index (χ3n) is 2.95. The highest BCUT2D eigenvalue weighted by molar-refractivity contribution is 6.30. The molecule has 0 heterocycles. The van der Waals surface area contributed by atoms with Gasteiger partial charge >= 0.3 is 0 Å². The number of anilines is 1. The first-order valence-electron chi connectivity index (χ1n) is 6.41. The van der Waals surface area contributed by atoms with Gasteiger partial charge in [-0.25, -0.2) is 0 Å². The van der Waals surface area contributed by atoms with Crippen molar-refractivity contribution < 1.29 is 4.74 Å². The van der Waals surface area contributed by atoms with Gasteiger partial charge in [0.2, 0.25) is 0 Å². The minimum atomic E-state index is 0.691. The summed E-state index contributed by atoms with van der Waals surface area (Å²) in [5.74, 6) is 0.899. The Morgan fingerprint density at radius 1 is 1.11 bits per heavy atom. The topological polar surface area (TPSA) is 21.3 Å². The van der Waals surface area contributed by atoms with E-state index in [9.17, 15) is 0 Å².